The first kappa shape index (κ1) is 18.1. The van der Waals surface area contributed by atoms with Crippen LogP contribution < -0.4 is 4.90 Å². The number of aryl methyl sites for hydroxylation is 1. The lowest BCUT2D eigenvalue weighted by molar-refractivity contribution is -0.113. The van der Waals surface area contributed by atoms with Gasteiger partial charge < -0.3 is 9.67 Å². The van der Waals surface area contributed by atoms with E-state index in [1.54, 1.807) is 42.5 Å². The predicted molar refractivity (Wildman–Crippen MR) is 112 cm³/mol. The Morgan fingerprint density at radius 1 is 0.929 bits per heavy atom. The summed E-state index contributed by atoms with van der Waals surface area (Å²) in [5, 5.41) is 9.22. The van der Waals surface area contributed by atoms with Crippen LogP contribution in [0.5, 0.6) is 5.75 Å². The van der Waals surface area contributed by atoms with Crippen molar-refractivity contribution in [3.63, 3.8) is 0 Å². The molecule has 5 nitrogen and oxygen atoms in total. The highest BCUT2D eigenvalue weighted by Gasteiger charge is 2.36. The highest BCUT2D eigenvalue weighted by atomic mass is 32.2. The molecule has 2 heterocycles. The van der Waals surface area contributed by atoms with Crippen molar-refractivity contribution in [1.82, 2.24) is 4.57 Å². The van der Waals surface area contributed by atoms with Crippen LogP contribution in [0.25, 0.3) is 11.8 Å². The van der Waals surface area contributed by atoms with Crippen LogP contribution in [0.4, 0.5) is 10.5 Å². The minimum Gasteiger partial charge on any atom is -0.508 e. The van der Waals surface area contributed by atoms with Gasteiger partial charge in [-0.3, -0.25) is 9.59 Å². The molecule has 0 bridgehead atoms. The molecular formula is C22H18N2O3S. The molecule has 1 aromatic heterocycles. The number of phenols is 1. The van der Waals surface area contributed by atoms with Gasteiger partial charge in [-0.2, -0.15) is 0 Å². The fourth-order valence-corrected chi connectivity index (χ4v) is 4.17. The van der Waals surface area contributed by atoms with Crippen LogP contribution in [-0.2, 0) is 4.79 Å². The van der Waals surface area contributed by atoms with Crippen molar-refractivity contribution in [3.8, 4) is 11.4 Å². The Kier molecular flexibility index (Phi) is 4.57. The van der Waals surface area contributed by atoms with E-state index in [0.29, 0.717) is 10.6 Å². The predicted octanol–water partition coefficient (Wildman–Crippen LogP) is 5.04. The zero-order valence-electron chi connectivity index (χ0n) is 15.4. The minimum absolute atomic E-state index is 0.209. The third-order valence-corrected chi connectivity index (χ3v) is 5.54. The second-order valence-electron chi connectivity index (χ2n) is 6.53. The van der Waals surface area contributed by atoms with Gasteiger partial charge in [0.2, 0.25) is 0 Å². The summed E-state index contributed by atoms with van der Waals surface area (Å²) in [7, 11) is 0. The molecular weight excluding hydrogens is 372 g/mol. The fraction of sp³-hybridized carbons (Fsp3) is 0.0909. The smallest absolute Gasteiger partial charge is 0.298 e. The molecule has 6 heteroatoms. The summed E-state index contributed by atoms with van der Waals surface area (Å²) in [5.74, 6) is -0.100. The van der Waals surface area contributed by atoms with E-state index in [9.17, 15) is 14.7 Å². The summed E-state index contributed by atoms with van der Waals surface area (Å²) >= 11 is 0.949. The molecule has 1 fully saturated rings. The number of imide groups is 1. The number of anilines is 1. The molecule has 0 unspecified atom stereocenters. The number of hydrogen-bond acceptors (Lipinski definition) is 4. The number of amides is 2. The van der Waals surface area contributed by atoms with Gasteiger partial charge in [0, 0.05) is 17.1 Å². The van der Waals surface area contributed by atoms with Gasteiger partial charge >= 0.3 is 0 Å². The molecule has 1 aliphatic heterocycles. The first-order chi connectivity index (χ1) is 13.5. The largest absolute Gasteiger partial charge is 0.508 e. The highest BCUT2D eigenvalue weighted by molar-refractivity contribution is 8.19. The normalized spacial score (nSPS) is 15.6. The number of carbonyl (C=O) groups excluding carboxylic acids is 2. The lowest BCUT2D eigenvalue weighted by atomic mass is 10.2. The first-order valence-corrected chi connectivity index (χ1v) is 9.58. The Labute approximate surface area is 166 Å². The van der Waals surface area contributed by atoms with Gasteiger partial charge in [-0.15, -0.1) is 0 Å². The van der Waals surface area contributed by atoms with Gasteiger partial charge in [-0.05, 0) is 79.7 Å². The molecule has 0 atom stereocenters. The fourth-order valence-electron chi connectivity index (χ4n) is 3.34. The van der Waals surface area contributed by atoms with E-state index in [4.69, 9.17) is 0 Å². The number of nitrogens with zero attached hydrogens (tertiary/aromatic N) is 2. The van der Waals surface area contributed by atoms with Gasteiger partial charge in [0.15, 0.2) is 0 Å². The zero-order valence-corrected chi connectivity index (χ0v) is 16.2. The van der Waals surface area contributed by atoms with Crippen LogP contribution in [0.2, 0.25) is 0 Å². The van der Waals surface area contributed by atoms with E-state index in [2.05, 4.69) is 0 Å². The van der Waals surface area contributed by atoms with Crippen LogP contribution in [0.15, 0.2) is 65.6 Å². The average Bonchev–Trinajstić information content (AvgIpc) is 3.12. The van der Waals surface area contributed by atoms with E-state index in [0.717, 1.165) is 34.4 Å². The summed E-state index contributed by atoms with van der Waals surface area (Å²) in [6.45, 7) is 3.94. The summed E-state index contributed by atoms with van der Waals surface area (Å²) < 4.78 is 2.05. The summed E-state index contributed by atoms with van der Waals surface area (Å²) in [6.07, 6.45) is 1.77. The van der Waals surface area contributed by atoms with E-state index >= 15 is 0 Å². The van der Waals surface area contributed by atoms with Gasteiger partial charge in [-0.1, -0.05) is 18.2 Å². The molecule has 3 aromatic rings. The van der Waals surface area contributed by atoms with Crippen molar-refractivity contribution in [2.45, 2.75) is 13.8 Å². The molecule has 2 aromatic carbocycles. The maximum Gasteiger partial charge on any atom is 0.298 e. The number of aromatic nitrogens is 1. The van der Waals surface area contributed by atoms with Gasteiger partial charge in [0.1, 0.15) is 5.75 Å². The Hall–Kier alpha value is -3.25. The van der Waals surface area contributed by atoms with Crippen LogP contribution in [0, 0.1) is 13.8 Å². The quantitative estimate of drug-likeness (QED) is 0.637. The summed E-state index contributed by atoms with van der Waals surface area (Å²) in [6, 6.07) is 17.9. The van der Waals surface area contributed by atoms with Gasteiger partial charge in [0.25, 0.3) is 11.1 Å². The topological polar surface area (TPSA) is 62.5 Å². The molecule has 1 N–H and O–H groups in total. The van der Waals surface area contributed by atoms with Gasteiger partial charge in [-0.25, -0.2) is 4.90 Å². The monoisotopic (exact) mass is 390 g/mol. The molecule has 0 saturated carbocycles. The molecule has 1 aliphatic rings. The second kappa shape index (κ2) is 7.05. The number of hydrogen-bond donors (Lipinski definition) is 1. The van der Waals surface area contributed by atoms with Crippen molar-refractivity contribution in [2.75, 3.05) is 4.90 Å². The maximum atomic E-state index is 12.8. The van der Waals surface area contributed by atoms with Crippen LogP contribution in [0.3, 0.4) is 0 Å². The molecule has 0 spiro atoms. The van der Waals surface area contributed by atoms with Crippen molar-refractivity contribution >= 4 is 34.7 Å². The van der Waals surface area contributed by atoms with Crippen molar-refractivity contribution in [3.05, 3.63) is 82.5 Å². The number of thioether (sulfide) groups is 1. The number of para-hydroxylation sites is 1. The van der Waals surface area contributed by atoms with Crippen molar-refractivity contribution in [1.29, 1.82) is 0 Å². The first-order valence-electron chi connectivity index (χ1n) is 8.77. The number of benzene rings is 2. The SMILES string of the molecule is Cc1cc(/C=C2\SC(=O)N(c3ccccc3)C2=O)c(C)n1-c1ccc(O)cc1. The molecule has 0 aliphatic carbocycles. The van der Waals surface area contributed by atoms with E-state index < -0.39 is 0 Å². The van der Waals surface area contributed by atoms with E-state index in [1.165, 1.54) is 4.90 Å². The second-order valence-corrected chi connectivity index (χ2v) is 7.52. The average molecular weight is 390 g/mol. The Morgan fingerprint density at radius 3 is 2.29 bits per heavy atom. The van der Waals surface area contributed by atoms with Gasteiger partial charge in [0.05, 0.1) is 10.6 Å². The summed E-state index contributed by atoms with van der Waals surface area (Å²) in [5.41, 5.74) is 4.32. The minimum atomic E-state index is -0.310. The van der Waals surface area contributed by atoms with E-state index in [-0.39, 0.29) is 16.9 Å². The van der Waals surface area contributed by atoms with Crippen LogP contribution >= 0.6 is 11.8 Å². The Bertz CT molecular complexity index is 1100. The molecule has 4 rings (SSSR count). The summed E-state index contributed by atoms with van der Waals surface area (Å²) in [4.78, 5) is 26.8. The number of phenolic OH excluding ortho intramolecular Hbond substituents is 1. The molecule has 140 valence electrons. The number of carbonyl (C=O) groups is 2. The van der Waals surface area contributed by atoms with Crippen molar-refractivity contribution in [2.24, 2.45) is 0 Å². The lowest BCUT2D eigenvalue weighted by Crippen LogP contribution is -2.27. The Balaban J connectivity index is 1.70. The van der Waals surface area contributed by atoms with Crippen molar-refractivity contribution < 1.29 is 14.7 Å². The van der Waals surface area contributed by atoms with Crippen LogP contribution in [0.1, 0.15) is 17.0 Å². The standard InChI is InChI=1S/C22H18N2O3S/c1-14-12-16(15(2)23(14)18-8-10-19(25)11-9-18)13-20-21(26)24(22(27)28-20)17-6-4-3-5-7-17/h3-13,25H,1-2H3/b20-13-. The third kappa shape index (κ3) is 3.12. The molecule has 2 amide bonds. The maximum absolute atomic E-state index is 12.8. The molecule has 0 radical (unpaired) electrons. The zero-order chi connectivity index (χ0) is 19.8. The molecule has 1 saturated heterocycles. The highest BCUT2D eigenvalue weighted by Crippen LogP contribution is 2.36. The number of rotatable bonds is 3. The lowest BCUT2D eigenvalue weighted by Gasteiger charge is -2.11. The van der Waals surface area contributed by atoms with Crippen LogP contribution in [-0.4, -0.2) is 20.8 Å². The number of aromatic hydroxyl groups is 1. The molecule has 28 heavy (non-hydrogen) atoms. The van der Waals surface area contributed by atoms with E-state index in [1.807, 2.05) is 42.7 Å². The Morgan fingerprint density at radius 2 is 1.61 bits per heavy atom. The third-order valence-electron chi connectivity index (χ3n) is 4.67.